The molecule has 12 heteroatoms. The predicted octanol–water partition coefficient (Wildman–Crippen LogP) is 4.74. The Morgan fingerprint density at radius 2 is 1.84 bits per heavy atom. The Hall–Kier alpha value is -3.77. The standard InChI is InChI=1S/C25H23ClN6O4S/c1-36-17-9-10-18(26)21(14-17)30-22-23(31-20-8-3-2-7-19(20)29-22)32(37(34)35)16-6-4-5-15(13-16)28-24(33)25(27)11-12-25/h2-10,13-14H,11-12,27H2,1H3,(H,28,33)(H,29,30)(H,34,35). The summed E-state index contributed by atoms with van der Waals surface area (Å²) >= 11 is 3.85. The molecule has 1 fully saturated rings. The first kappa shape index (κ1) is 24.9. The van der Waals surface area contributed by atoms with Crippen LogP contribution in [0.15, 0.2) is 66.7 Å². The Labute approximate surface area is 220 Å². The number of aromatic nitrogens is 2. The van der Waals surface area contributed by atoms with E-state index in [1.54, 1.807) is 60.7 Å². The monoisotopic (exact) mass is 538 g/mol. The van der Waals surface area contributed by atoms with Gasteiger partial charge in [-0.15, -0.1) is 0 Å². The van der Waals surface area contributed by atoms with Crippen molar-refractivity contribution < 1.29 is 18.3 Å². The van der Waals surface area contributed by atoms with Crippen LogP contribution in [0.3, 0.4) is 0 Å². The summed E-state index contributed by atoms with van der Waals surface area (Å²) in [7, 11) is 1.53. The number of halogens is 1. The SMILES string of the molecule is COc1ccc(Cl)c(Nc2nc3ccccc3nc2N(c2cccc(NC(=O)C3(N)CC3)c2)S(=O)O)c1. The van der Waals surface area contributed by atoms with E-state index in [9.17, 15) is 13.6 Å². The second-order valence-corrected chi connectivity index (χ2v) is 9.77. The number of nitrogens with zero attached hydrogens (tertiary/aromatic N) is 3. The van der Waals surface area contributed by atoms with Gasteiger partial charge >= 0.3 is 0 Å². The third-order valence-electron chi connectivity index (χ3n) is 5.91. The van der Waals surface area contributed by atoms with Gasteiger partial charge in [-0.05, 0) is 55.3 Å². The number of anilines is 5. The van der Waals surface area contributed by atoms with Crippen molar-refractivity contribution in [1.29, 1.82) is 0 Å². The molecule has 1 amide bonds. The van der Waals surface area contributed by atoms with Gasteiger partial charge in [0, 0.05) is 11.8 Å². The largest absolute Gasteiger partial charge is 0.497 e. The zero-order chi connectivity index (χ0) is 26.2. The number of benzene rings is 3. The average Bonchev–Trinajstić information content (AvgIpc) is 3.64. The normalized spacial score (nSPS) is 14.6. The fraction of sp³-hybridized carbons (Fsp3) is 0.160. The molecule has 1 aliphatic rings. The van der Waals surface area contributed by atoms with Crippen LogP contribution in [-0.4, -0.2) is 37.3 Å². The summed E-state index contributed by atoms with van der Waals surface area (Å²) in [5.74, 6) is 0.507. The van der Waals surface area contributed by atoms with Crippen LogP contribution in [0, 0.1) is 0 Å². The number of nitrogens with one attached hydrogen (secondary N) is 2. The first-order valence-corrected chi connectivity index (χ1v) is 12.7. The molecule has 0 spiro atoms. The van der Waals surface area contributed by atoms with Gasteiger partial charge in [-0.2, -0.15) is 0 Å². The second-order valence-electron chi connectivity index (χ2n) is 8.54. The van der Waals surface area contributed by atoms with Crippen LogP contribution < -0.4 is 25.4 Å². The van der Waals surface area contributed by atoms with Gasteiger partial charge in [-0.25, -0.2) is 18.5 Å². The van der Waals surface area contributed by atoms with Crippen LogP contribution in [0.2, 0.25) is 5.02 Å². The molecule has 1 aliphatic carbocycles. The molecule has 5 N–H and O–H groups in total. The number of hydrogen-bond donors (Lipinski definition) is 4. The topological polar surface area (TPSA) is 143 Å². The Bertz CT molecular complexity index is 1530. The molecule has 1 unspecified atom stereocenters. The average molecular weight is 539 g/mol. The van der Waals surface area contributed by atoms with Gasteiger partial charge in [0.15, 0.2) is 11.6 Å². The molecule has 10 nitrogen and oxygen atoms in total. The van der Waals surface area contributed by atoms with Crippen molar-refractivity contribution in [1.82, 2.24) is 9.97 Å². The zero-order valence-electron chi connectivity index (χ0n) is 19.6. The maximum Gasteiger partial charge on any atom is 0.268 e. The van der Waals surface area contributed by atoms with Crippen molar-refractivity contribution >= 4 is 68.5 Å². The molecular formula is C25H23ClN6O4S. The van der Waals surface area contributed by atoms with Crippen molar-refractivity contribution in [3.05, 3.63) is 71.8 Å². The second kappa shape index (κ2) is 9.94. The van der Waals surface area contributed by atoms with E-state index in [0.29, 0.717) is 51.7 Å². The third kappa shape index (κ3) is 5.20. The van der Waals surface area contributed by atoms with E-state index < -0.39 is 16.8 Å². The molecule has 0 bridgehead atoms. The van der Waals surface area contributed by atoms with Gasteiger partial charge in [-0.1, -0.05) is 29.8 Å². The number of carbonyl (C=O) groups is 1. The van der Waals surface area contributed by atoms with Crippen molar-refractivity contribution in [2.45, 2.75) is 18.4 Å². The lowest BCUT2D eigenvalue weighted by Crippen LogP contribution is -2.37. The minimum absolute atomic E-state index is 0.0689. The van der Waals surface area contributed by atoms with E-state index in [1.807, 2.05) is 6.07 Å². The summed E-state index contributed by atoms with van der Waals surface area (Å²) in [4.78, 5) is 21.8. The number of para-hydroxylation sites is 2. The minimum atomic E-state index is -2.56. The van der Waals surface area contributed by atoms with Gasteiger partial charge in [0.25, 0.3) is 11.3 Å². The fourth-order valence-corrected chi connectivity index (χ4v) is 4.42. The number of rotatable bonds is 8. The molecule has 37 heavy (non-hydrogen) atoms. The van der Waals surface area contributed by atoms with Gasteiger partial charge in [0.1, 0.15) is 5.75 Å². The van der Waals surface area contributed by atoms with Gasteiger partial charge < -0.3 is 21.1 Å². The van der Waals surface area contributed by atoms with Gasteiger partial charge in [0.05, 0.1) is 40.1 Å². The molecule has 1 saturated carbocycles. The van der Waals surface area contributed by atoms with Crippen LogP contribution in [0.25, 0.3) is 11.0 Å². The molecular weight excluding hydrogens is 516 g/mol. The number of hydrogen-bond acceptors (Lipinski definition) is 7. The van der Waals surface area contributed by atoms with Crippen molar-refractivity contribution in [3.8, 4) is 5.75 Å². The Kier molecular flexibility index (Phi) is 6.69. The van der Waals surface area contributed by atoms with E-state index in [4.69, 9.17) is 22.1 Å². The van der Waals surface area contributed by atoms with Gasteiger partial charge in [-0.3, -0.25) is 9.35 Å². The van der Waals surface area contributed by atoms with E-state index in [-0.39, 0.29) is 17.5 Å². The highest BCUT2D eigenvalue weighted by molar-refractivity contribution is 7.81. The van der Waals surface area contributed by atoms with Crippen LogP contribution in [0.4, 0.5) is 28.7 Å². The highest BCUT2D eigenvalue weighted by Gasteiger charge is 2.46. The van der Waals surface area contributed by atoms with Crippen LogP contribution in [0.5, 0.6) is 5.75 Å². The Morgan fingerprint density at radius 3 is 2.51 bits per heavy atom. The van der Waals surface area contributed by atoms with Crippen LogP contribution in [0.1, 0.15) is 12.8 Å². The van der Waals surface area contributed by atoms with E-state index >= 15 is 0 Å². The number of amides is 1. The smallest absolute Gasteiger partial charge is 0.268 e. The molecule has 0 saturated heterocycles. The predicted molar refractivity (Wildman–Crippen MR) is 145 cm³/mol. The van der Waals surface area contributed by atoms with E-state index in [1.165, 1.54) is 7.11 Å². The molecule has 1 atom stereocenters. The number of ether oxygens (including phenoxy) is 1. The maximum absolute atomic E-state index is 12.7. The first-order chi connectivity index (χ1) is 17.8. The summed E-state index contributed by atoms with van der Waals surface area (Å²) in [5, 5.41) is 6.30. The van der Waals surface area contributed by atoms with E-state index in [2.05, 4.69) is 20.6 Å². The number of fused-ring (bicyclic) bond motifs is 1. The first-order valence-electron chi connectivity index (χ1n) is 11.3. The molecule has 1 aromatic heterocycles. The van der Waals surface area contributed by atoms with Crippen LogP contribution >= 0.6 is 11.6 Å². The molecule has 0 radical (unpaired) electrons. The minimum Gasteiger partial charge on any atom is -0.497 e. The summed E-state index contributed by atoms with van der Waals surface area (Å²) in [6, 6.07) is 18.7. The lowest BCUT2D eigenvalue weighted by molar-refractivity contribution is -0.118. The van der Waals surface area contributed by atoms with Gasteiger partial charge in [0.2, 0.25) is 5.91 Å². The maximum atomic E-state index is 12.7. The Morgan fingerprint density at radius 1 is 1.11 bits per heavy atom. The summed E-state index contributed by atoms with van der Waals surface area (Å²) in [5.41, 5.74) is 7.39. The third-order valence-corrected chi connectivity index (χ3v) is 6.93. The zero-order valence-corrected chi connectivity index (χ0v) is 21.2. The van der Waals surface area contributed by atoms with Crippen LogP contribution in [-0.2, 0) is 16.1 Å². The summed E-state index contributed by atoms with van der Waals surface area (Å²) < 4.78 is 29.5. The number of carbonyl (C=O) groups excluding carboxylic acids is 1. The molecule has 5 rings (SSSR count). The molecule has 4 aromatic rings. The van der Waals surface area contributed by atoms with Crippen molar-refractivity contribution in [3.63, 3.8) is 0 Å². The fourth-order valence-electron chi connectivity index (χ4n) is 3.68. The molecule has 1 heterocycles. The van der Waals surface area contributed by atoms with E-state index in [0.717, 1.165) is 4.31 Å². The highest BCUT2D eigenvalue weighted by atomic mass is 35.5. The molecule has 0 aliphatic heterocycles. The summed E-state index contributed by atoms with van der Waals surface area (Å²) in [6.45, 7) is 0. The number of nitrogens with two attached hydrogens (primary N) is 1. The lowest BCUT2D eigenvalue weighted by atomic mass is 10.2. The quantitative estimate of drug-likeness (QED) is 0.236. The molecule has 3 aromatic carbocycles. The number of methoxy groups -OCH3 is 1. The Balaban J connectivity index is 1.60. The van der Waals surface area contributed by atoms with Crippen molar-refractivity contribution in [2.75, 3.05) is 22.0 Å². The summed E-state index contributed by atoms with van der Waals surface area (Å²) in [6.07, 6.45) is 1.22. The highest BCUT2D eigenvalue weighted by Crippen LogP contribution is 2.38. The van der Waals surface area contributed by atoms with Crippen molar-refractivity contribution in [2.24, 2.45) is 5.73 Å². The molecule has 190 valence electrons. The lowest BCUT2D eigenvalue weighted by Gasteiger charge is -2.23.